The molecule has 0 bridgehead atoms. The van der Waals surface area contributed by atoms with Crippen LogP contribution in [-0.4, -0.2) is 31.8 Å². The predicted octanol–water partition coefficient (Wildman–Crippen LogP) is 3.40. The lowest BCUT2D eigenvalue weighted by atomic mass is 10.2. The largest absolute Gasteiger partial charge is 0.481 e. The van der Waals surface area contributed by atoms with Gasteiger partial charge in [0.2, 0.25) is 4.96 Å². The summed E-state index contributed by atoms with van der Waals surface area (Å²) in [6.07, 6.45) is 0.795. The third kappa shape index (κ3) is 3.77. The second-order valence-corrected chi connectivity index (χ2v) is 6.71. The zero-order valence-electron chi connectivity index (χ0n) is 14.2. The smallest absolute Gasteiger partial charge is 0.265 e. The SMILES string of the molecule is C[C@H](Oc1ccc(F)cc1)C(=O)Nc1cccc(-c2nn3cnnc3s2)c1. The molecule has 7 nitrogen and oxygen atoms in total. The molecule has 0 fully saturated rings. The second kappa shape index (κ2) is 7.12. The molecule has 1 amide bonds. The van der Waals surface area contributed by atoms with Crippen LogP contribution < -0.4 is 10.1 Å². The number of carbonyl (C=O) groups is 1. The van der Waals surface area contributed by atoms with Crippen LogP contribution in [0.5, 0.6) is 5.75 Å². The van der Waals surface area contributed by atoms with Gasteiger partial charge >= 0.3 is 0 Å². The van der Waals surface area contributed by atoms with Gasteiger partial charge in [-0.15, -0.1) is 10.2 Å². The standard InChI is InChI=1S/C18H14FN5O2S/c1-11(26-15-7-5-13(19)6-8-15)16(25)21-14-4-2-3-12(9-14)17-23-24-10-20-22-18(24)27-17/h2-11H,1H3,(H,21,25)/t11-/m0/s1. The van der Waals surface area contributed by atoms with E-state index in [1.54, 1.807) is 17.5 Å². The van der Waals surface area contributed by atoms with Crippen LogP contribution in [0.15, 0.2) is 54.9 Å². The Kier molecular flexibility index (Phi) is 4.51. The zero-order chi connectivity index (χ0) is 18.8. The quantitative estimate of drug-likeness (QED) is 0.571. The van der Waals surface area contributed by atoms with E-state index >= 15 is 0 Å². The molecule has 27 heavy (non-hydrogen) atoms. The molecular weight excluding hydrogens is 369 g/mol. The molecule has 0 aliphatic heterocycles. The fourth-order valence-corrected chi connectivity index (χ4v) is 3.24. The molecule has 4 rings (SSSR count). The van der Waals surface area contributed by atoms with Crippen LogP contribution in [0.1, 0.15) is 6.92 Å². The highest BCUT2D eigenvalue weighted by Gasteiger charge is 2.16. The maximum absolute atomic E-state index is 12.9. The van der Waals surface area contributed by atoms with Crippen molar-refractivity contribution < 1.29 is 13.9 Å². The molecule has 0 radical (unpaired) electrons. The summed E-state index contributed by atoms with van der Waals surface area (Å²) in [5.74, 6) is -0.246. The number of aromatic nitrogens is 4. The number of nitrogens with zero attached hydrogens (tertiary/aromatic N) is 4. The number of hydrogen-bond donors (Lipinski definition) is 1. The minimum absolute atomic E-state index is 0.311. The molecule has 2 aromatic heterocycles. The molecule has 0 unspecified atom stereocenters. The van der Waals surface area contributed by atoms with E-state index in [9.17, 15) is 9.18 Å². The topological polar surface area (TPSA) is 81.4 Å². The first-order valence-electron chi connectivity index (χ1n) is 8.09. The van der Waals surface area contributed by atoms with Gasteiger partial charge in [-0.1, -0.05) is 23.5 Å². The van der Waals surface area contributed by atoms with E-state index in [0.29, 0.717) is 16.4 Å². The van der Waals surface area contributed by atoms with Crippen molar-refractivity contribution in [1.82, 2.24) is 19.8 Å². The van der Waals surface area contributed by atoms with Gasteiger partial charge in [-0.05, 0) is 43.3 Å². The lowest BCUT2D eigenvalue weighted by Crippen LogP contribution is -2.30. The molecule has 1 N–H and O–H groups in total. The maximum atomic E-state index is 12.9. The Bertz CT molecular complexity index is 1060. The number of carbonyl (C=O) groups excluding carboxylic acids is 1. The number of halogens is 1. The highest BCUT2D eigenvalue weighted by molar-refractivity contribution is 7.19. The Labute approximate surface area is 157 Å². The Morgan fingerprint density at radius 3 is 2.85 bits per heavy atom. The summed E-state index contributed by atoms with van der Waals surface area (Å²) < 4.78 is 20.1. The second-order valence-electron chi connectivity index (χ2n) is 5.75. The molecule has 0 spiro atoms. The number of fused-ring (bicyclic) bond motifs is 1. The van der Waals surface area contributed by atoms with E-state index in [-0.39, 0.29) is 11.7 Å². The summed E-state index contributed by atoms with van der Waals surface area (Å²) in [4.78, 5) is 13.1. The van der Waals surface area contributed by atoms with Crippen LogP contribution in [0.2, 0.25) is 0 Å². The number of anilines is 1. The van der Waals surface area contributed by atoms with E-state index in [2.05, 4.69) is 20.6 Å². The van der Waals surface area contributed by atoms with E-state index in [1.165, 1.54) is 41.9 Å². The zero-order valence-corrected chi connectivity index (χ0v) is 15.0. The fourth-order valence-electron chi connectivity index (χ4n) is 2.42. The first-order valence-corrected chi connectivity index (χ1v) is 8.90. The Morgan fingerprint density at radius 1 is 1.26 bits per heavy atom. The van der Waals surface area contributed by atoms with Crippen LogP contribution in [0.3, 0.4) is 0 Å². The molecule has 1 atom stereocenters. The number of amides is 1. The van der Waals surface area contributed by atoms with E-state index < -0.39 is 6.10 Å². The van der Waals surface area contributed by atoms with Gasteiger partial charge < -0.3 is 10.1 Å². The van der Waals surface area contributed by atoms with Gasteiger partial charge in [0.15, 0.2) is 6.10 Å². The Balaban J connectivity index is 1.46. The number of hydrogen-bond acceptors (Lipinski definition) is 6. The summed E-state index contributed by atoms with van der Waals surface area (Å²) in [7, 11) is 0. The third-order valence-corrected chi connectivity index (χ3v) is 4.72. The lowest BCUT2D eigenvalue weighted by molar-refractivity contribution is -0.122. The molecule has 2 aromatic carbocycles. The summed E-state index contributed by atoms with van der Waals surface area (Å²) in [5, 5.41) is 15.7. The van der Waals surface area contributed by atoms with Crippen molar-refractivity contribution >= 4 is 27.9 Å². The molecule has 2 heterocycles. The van der Waals surface area contributed by atoms with Gasteiger partial charge in [-0.2, -0.15) is 9.61 Å². The molecule has 0 aliphatic carbocycles. The van der Waals surface area contributed by atoms with Crippen LogP contribution in [-0.2, 0) is 4.79 Å². The van der Waals surface area contributed by atoms with Crippen LogP contribution in [0, 0.1) is 5.82 Å². The molecule has 4 aromatic rings. The molecule has 0 saturated carbocycles. The number of nitrogens with one attached hydrogen (secondary N) is 1. The highest BCUT2D eigenvalue weighted by Crippen LogP contribution is 2.27. The molecule has 0 aliphatic rings. The Morgan fingerprint density at radius 2 is 2.07 bits per heavy atom. The number of rotatable bonds is 5. The monoisotopic (exact) mass is 383 g/mol. The lowest BCUT2D eigenvalue weighted by Gasteiger charge is -2.15. The van der Waals surface area contributed by atoms with Crippen molar-refractivity contribution in [2.24, 2.45) is 0 Å². The van der Waals surface area contributed by atoms with Crippen molar-refractivity contribution in [3.05, 3.63) is 60.7 Å². The van der Waals surface area contributed by atoms with Gasteiger partial charge in [0.25, 0.3) is 5.91 Å². The first-order chi connectivity index (χ1) is 13.1. The molecule has 9 heteroatoms. The van der Waals surface area contributed by atoms with Gasteiger partial charge in [-0.25, -0.2) is 4.39 Å². The molecule has 0 saturated heterocycles. The van der Waals surface area contributed by atoms with Crippen molar-refractivity contribution in [2.45, 2.75) is 13.0 Å². The Hall–Kier alpha value is -3.33. The third-order valence-electron chi connectivity index (χ3n) is 3.76. The summed E-state index contributed by atoms with van der Waals surface area (Å²) >= 11 is 1.40. The molecular formula is C18H14FN5O2S. The average Bonchev–Trinajstić information content (AvgIpc) is 3.26. The minimum Gasteiger partial charge on any atom is -0.481 e. The number of benzene rings is 2. The van der Waals surface area contributed by atoms with E-state index in [4.69, 9.17) is 4.74 Å². The maximum Gasteiger partial charge on any atom is 0.265 e. The highest BCUT2D eigenvalue weighted by atomic mass is 32.1. The van der Waals surface area contributed by atoms with E-state index in [1.807, 2.05) is 18.2 Å². The van der Waals surface area contributed by atoms with Crippen molar-refractivity contribution in [1.29, 1.82) is 0 Å². The fraction of sp³-hybridized carbons (Fsp3) is 0.111. The summed E-state index contributed by atoms with van der Waals surface area (Å²) in [6.45, 7) is 1.63. The van der Waals surface area contributed by atoms with Crippen LogP contribution >= 0.6 is 11.3 Å². The van der Waals surface area contributed by atoms with Crippen molar-refractivity contribution in [3.8, 4) is 16.3 Å². The first kappa shape index (κ1) is 17.1. The van der Waals surface area contributed by atoms with Gasteiger partial charge in [0.1, 0.15) is 22.9 Å². The van der Waals surface area contributed by atoms with Gasteiger partial charge in [0, 0.05) is 11.3 Å². The van der Waals surface area contributed by atoms with E-state index in [0.717, 1.165) is 10.6 Å². The van der Waals surface area contributed by atoms with Gasteiger partial charge in [-0.3, -0.25) is 4.79 Å². The van der Waals surface area contributed by atoms with Gasteiger partial charge in [0.05, 0.1) is 0 Å². The predicted molar refractivity (Wildman–Crippen MR) is 99.2 cm³/mol. The summed E-state index contributed by atoms with van der Waals surface area (Å²) in [5.41, 5.74) is 1.48. The summed E-state index contributed by atoms with van der Waals surface area (Å²) in [6, 6.07) is 12.9. The minimum atomic E-state index is -0.742. The van der Waals surface area contributed by atoms with Crippen molar-refractivity contribution in [3.63, 3.8) is 0 Å². The van der Waals surface area contributed by atoms with Crippen molar-refractivity contribution in [2.75, 3.05) is 5.32 Å². The number of ether oxygens (including phenoxy) is 1. The van der Waals surface area contributed by atoms with Crippen LogP contribution in [0.25, 0.3) is 15.5 Å². The molecule has 136 valence electrons. The van der Waals surface area contributed by atoms with Crippen LogP contribution in [0.4, 0.5) is 10.1 Å². The normalized spacial score (nSPS) is 12.1. The average molecular weight is 383 g/mol.